The smallest absolute Gasteiger partial charge is 0.239 e. The van der Waals surface area contributed by atoms with E-state index < -0.39 is 0 Å². The molecule has 2 aromatic rings. The lowest BCUT2D eigenvalue weighted by Crippen LogP contribution is -2.31. The van der Waals surface area contributed by atoms with Gasteiger partial charge < -0.3 is 15.1 Å². The molecule has 2 rings (SSSR count). The molecule has 0 aliphatic heterocycles. The van der Waals surface area contributed by atoms with Crippen LogP contribution < -0.4 is 10.6 Å². The van der Waals surface area contributed by atoms with Gasteiger partial charge in [0.2, 0.25) is 5.91 Å². The number of nitrogens with one attached hydrogen (secondary N) is 2. The van der Waals surface area contributed by atoms with Crippen LogP contribution in [0.25, 0.3) is 0 Å². The molecule has 106 valence electrons. The SMILES string of the molecule is CCc1ccc(NCC(=O)NC(C)c2ccco2)cc1. The Hall–Kier alpha value is -2.23. The lowest BCUT2D eigenvalue weighted by molar-refractivity contribution is -0.120. The number of aryl methyl sites for hydroxylation is 1. The van der Waals surface area contributed by atoms with Crippen molar-refractivity contribution in [1.29, 1.82) is 0 Å². The predicted octanol–water partition coefficient (Wildman–Crippen LogP) is 3.13. The van der Waals surface area contributed by atoms with E-state index in [1.165, 1.54) is 5.56 Å². The molecule has 1 aromatic heterocycles. The Kier molecular flexibility index (Phi) is 4.82. The normalized spacial score (nSPS) is 11.9. The van der Waals surface area contributed by atoms with Crippen molar-refractivity contribution in [2.75, 3.05) is 11.9 Å². The summed E-state index contributed by atoms with van der Waals surface area (Å²) >= 11 is 0. The highest BCUT2D eigenvalue weighted by Gasteiger charge is 2.11. The predicted molar refractivity (Wildman–Crippen MR) is 79.6 cm³/mol. The van der Waals surface area contributed by atoms with Gasteiger partial charge in [0.1, 0.15) is 5.76 Å². The minimum atomic E-state index is -0.123. The Balaban J connectivity index is 1.79. The molecule has 1 heterocycles. The van der Waals surface area contributed by atoms with E-state index in [9.17, 15) is 4.79 Å². The molecular formula is C16H20N2O2. The Morgan fingerprint density at radius 3 is 2.60 bits per heavy atom. The van der Waals surface area contributed by atoms with Crippen LogP contribution in [0, 0.1) is 0 Å². The maximum atomic E-state index is 11.8. The van der Waals surface area contributed by atoms with Crippen molar-refractivity contribution in [3.8, 4) is 0 Å². The molecule has 0 radical (unpaired) electrons. The third-order valence-electron chi connectivity index (χ3n) is 3.16. The summed E-state index contributed by atoms with van der Waals surface area (Å²) in [5.74, 6) is 0.694. The molecule has 0 bridgehead atoms. The molecular weight excluding hydrogens is 252 g/mol. The second-order valence-corrected chi connectivity index (χ2v) is 4.71. The van der Waals surface area contributed by atoms with Gasteiger partial charge in [-0.15, -0.1) is 0 Å². The molecule has 0 aliphatic carbocycles. The first-order chi connectivity index (χ1) is 9.69. The van der Waals surface area contributed by atoms with Gasteiger partial charge in [-0.25, -0.2) is 0 Å². The van der Waals surface area contributed by atoms with E-state index in [0.717, 1.165) is 17.9 Å². The van der Waals surface area contributed by atoms with Gasteiger partial charge in [0, 0.05) is 5.69 Å². The number of amides is 1. The molecule has 1 atom stereocenters. The Labute approximate surface area is 119 Å². The molecule has 0 aliphatic rings. The number of rotatable bonds is 6. The van der Waals surface area contributed by atoms with Gasteiger partial charge in [-0.2, -0.15) is 0 Å². The Bertz CT molecular complexity index is 532. The minimum absolute atomic E-state index is 0.0616. The third-order valence-corrected chi connectivity index (χ3v) is 3.16. The van der Waals surface area contributed by atoms with Crippen molar-refractivity contribution in [2.24, 2.45) is 0 Å². The Morgan fingerprint density at radius 2 is 2.00 bits per heavy atom. The number of hydrogen-bond acceptors (Lipinski definition) is 3. The van der Waals surface area contributed by atoms with Gasteiger partial charge >= 0.3 is 0 Å². The van der Waals surface area contributed by atoms with Crippen molar-refractivity contribution < 1.29 is 9.21 Å². The highest BCUT2D eigenvalue weighted by molar-refractivity contribution is 5.81. The van der Waals surface area contributed by atoms with Crippen molar-refractivity contribution in [3.05, 3.63) is 54.0 Å². The molecule has 4 nitrogen and oxygen atoms in total. The molecule has 0 saturated carbocycles. The fourth-order valence-corrected chi connectivity index (χ4v) is 1.94. The van der Waals surface area contributed by atoms with Crippen LogP contribution in [-0.4, -0.2) is 12.5 Å². The Morgan fingerprint density at radius 1 is 1.25 bits per heavy atom. The standard InChI is InChI=1S/C16H20N2O2/c1-3-13-6-8-14(9-7-13)17-11-16(19)18-12(2)15-5-4-10-20-15/h4-10,12,17H,3,11H2,1-2H3,(H,18,19). The zero-order valence-electron chi connectivity index (χ0n) is 11.8. The van der Waals surface area contributed by atoms with E-state index in [1.54, 1.807) is 6.26 Å². The molecule has 1 amide bonds. The van der Waals surface area contributed by atoms with Crippen molar-refractivity contribution in [1.82, 2.24) is 5.32 Å². The van der Waals surface area contributed by atoms with Crippen molar-refractivity contribution in [3.63, 3.8) is 0 Å². The fourth-order valence-electron chi connectivity index (χ4n) is 1.94. The molecule has 0 saturated heterocycles. The van der Waals surface area contributed by atoms with Crippen LogP contribution in [0.15, 0.2) is 47.1 Å². The highest BCUT2D eigenvalue weighted by Crippen LogP contribution is 2.12. The number of furan rings is 1. The van der Waals surface area contributed by atoms with E-state index in [4.69, 9.17) is 4.42 Å². The molecule has 1 unspecified atom stereocenters. The van der Waals surface area contributed by atoms with Crippen LogP contribution >= 0.6 is 0 Å². The molecule has 0 fully saturated rings. The molecule has 20 heavy (non-hydrogen) atoms. The summed E-state index contributed by atoms with van der Waals surface area (Å²) in [5.41, 5.74) is 2.23. The lowest BCUT2D eigenvalue weighted by Gasteiger charge is -2.12. The first kappa shape index (κ1) is 14.2. The maximum Gasteiger partial charge on any atom is 0.239 e. The molecule has 2 N–H and O–H groups in total. The average Bonchev–Trinajstić information content (AvgIpc) is 3.00. The average molecular weight is 272 g/mol. The van der Waals surface area contributed by atoms with Crippen LogP contribution in [0.5, 0.6) is 0 Å². The largest absolute Gasteiger partial charge is 0.467 e. The van der Waals surface area contributed by atoms with E-state index in [-0.39, 0.29) is 18.5 Å². The number of hydrogen-bond donors (Lipinski definition) is 2. The molecule has 1 aromatic carbocycles. The third kappa shape index (κ3) is 3.88. The van der Waals surface area contributed by atoms with E-state index in [2.05, 4.69) is 29.7 Å². The summed E-state index contributed by atoms with van der Waals surface area (Å²) in [6, 6.07) is 11.6. The van der Waals surface area contributed by atoms with Gasteiger partial charge in [0.05, 0.1) is 18.8 Å². The topological polar surface area (TPSA) is 54.3 Å². The first-order valence-corrected chi connectivity index (χ1v) is 6.84. The quantitative estimate of drug-likeness (QED) is 0.849. The molecule has 4 heteroatoms. The maximum absolute atomic E-state index is 11.8. The minimum Gasteiger partial charge on any atom is -0.467 e. The van der Waals surface area contributed by atoms with Gasteiger partial charge in [-0.1, -0.05) is 19.1 Å². The number of carbonyl (C=O) groups excluding carboxylic acids is 1. The van der Waals surface area contributed by atoms with Crippen LogP contribution in [0.2, 0.25) is 0 Å². The monoisotopic (exact) mass is 272 g/mol. The number of anilines is 1. The zero-order chi connectivity index (χ0) is 14.4. The molecule has 0 spiro atoms. The van der Waals surface area contributed by atoms with E-state index in [1.807, 2.05) is 31.2 Å². The fraction of sp³-hybridized carbons (Fsp3) is 0.312. The highest BCUT2D eigenvalue weighted by atomic mass is 16.3. The van der Waals surface area contributed by atoms with Crippen molar-refractivity contribution >= 4 is 11.6 Å². The zero-order valence-corrected chi connectivity index (χ0v) is 11.8. The summed E-state index contributed by atoms with van der Waals surface area (Å²) in [5, 5.41) is 5.98. The van der Waals surface area contributed by atoms with Crippen molar-refractivity contribution in [2.45, 2.75) is 26.3 Å². The van der Waals surface area contributed by atoms with Crippen LogP contribution in [0.4, 0.5) is 5.69 Å². The van der Waals surface area contributed by atoms with Crippen LogP contribution in [0.1, 0.15) is 31.2 Å². The lowest BCUT2D eigenvalue weighted by atomic mass is 10.1. The summed E-state index contributed by atoms with van der Waals surface area (Å²) in [4.78, 5) is 11.8. The van der Waals surface area contributed by atoms with Gasteiger partial charge in [-0.3, -0.25) is 4.79 Å². The number of carbonyl (C=O) groups is 1. The van der Waals surface area contributed by atoms with E-state index >= 15 is 0 Å². The summed E-state index contributed by atoms with van der Waals surface area (Å²) in [6.07, 6.45) is 2.62. The van der Waals surface area contributed by atoms with Gasteiger partial charge in [0.25, 0.3) is 0 Å². The van der Waals surface area contributed by atoms with Gasteiger partial charge in [0.15, 0.2) is 0 Å². The summed E-state index contributed by atoms with van der Waals surface area (Å²) < 4.78 is 5.25. The van der Waals surface area contributed by atoms with Crippen LogP contribution in [-0.2, 0) is 11.2 Å². The van der Waals surface area contributed by atoms with E-state index in [0.29, 0.717) is 0 Å². The second kappa shape index (κ2) is 6.80. The van der Waals surface area contributed by atoms with Gasteiger partial charge in [-0.05, 0) is 43.2 Å². The van der Waals surface area contributed by atoms with Crippen LogP contribution in [0.3, 0.4) is 0 Å². The summed E-state index contributed by atoms with van der Waals surface area (Å²) in [6.45, 7) is 4.26. The first-order valence-electron chi connectivity index (χ1n) is 6.84. The number of benzene rings is 1. The summed E-state index contributed by atoms with van der Waals surface area (Å²) in [7, 11) is 0. The second-order valence-electron chi connectivity index (χ2n) is 4.71.